The van der Waals surface area contributed by atoms with Gasteiger partial charge < -0.3 is 10.6 Å². The molecule has 1 aromatic carbocycles. The summed E-state index contributed by atoms with van der Waals surface area (Å²) in [6.45, 7) is 1.65. The molecular formula is C17H26N2O. The fourth-order valence-electron chi connectivity index (χ4n) is 2.43. The van der Waals surface area contributed by atoms with Gasteiger partial charge in [0.1, 0.15) is 0 Å². The molecule has 1 aliphatic rings. The van der Waals surface area contributed by atoms with Crippen LogP contribution in [0.3, 0.4) is 0 Å². The Morgan fingerprint density at radius 3 is 2.45 bits per heavy atom. The molecule has 0 spiro atoms. The third-order valence-electron chi connectivity index (χ3n) is 3.85. The normalized spacial score (nSPS) is 14.2. The van der Waals surface area contributed by atoms with Crippen LogP contribution in [-0.4, -0.2) is 19.0 Å². The van der Waals surface area contributed by atoms with E-state index in [0.717, 1.165) is 50.4 Å². The minimum atomic E-state index is 0.274. The monoisotopic (exact) mass is 274 g/mol. The van der Waals surface area contributed by atoms with Gasteiger partial charge in [0, 0.05) is 18.7 Å². The Labute approximate surface area is 122 Å². The quantitative estimate of drug-likeness (QED) is 0.702. The van der Waals surface area contributed by atoms with Gasteiger partial charge in [0.15, 0.2) is 0 Å². The number of hydrogen-bond donors (Lipinski definition) is 1. The van der Waals surface area contributed by atoms with Crippen molar-refractivity contribution >= 4 is 11.6 Å². The second-order valence-electron chi connectivity index (χ2n) is 5.74. The Morgan fingerprint density at radius 1 is 1.10 bits per heavy atom. The molecule has 0 heterocycles. The summed E-state index contributed by atoms with van der Waals surface area (Å²) < 4.78 is 0. The second-order valence-corrected chi connectivity index (χ2v) is 5.74. The van der Waals surface area contributed by atoms with Crippen LogP contribution < -0.4 is 10.6 Å². The van der Waals surface area contributed by atoms with Crippen molar-refractivity contribution in [3.8, 4) is 0 Å². The molecule has 1 aromatic rings. The number of amides is 1. The Morgan fingerprint density at radius 2 is 1.80 bits per heavy atom. The van der Waals surface area contributed by atoms with E-state index in [1.165, 1.54) is 12.8 Å². The number of benzene rings is 1. The topological polar surface area (TPSA) is 46.3 Å². The highest BCUT2D eigenvalue weighted by Crippen LogP contribution is 2.31. The van der Waals surface area contributed by atoms with E-state index in [-0.39, 0.29) is 5.91 Å². The van der Waals surface area contributed by atoms with Crippen molar-refractivity contribution in [2.75, 3.05) is 18.0 Å². The maximum Gasteiger partial charge on any atom is 0.226 e. The maximum atomic E-state index is 12.4. The molecule has 3 heteroatoms. The van der Waals surface area contributed by atoms with Gasteiger partial charge >= 0.3 is 0 Å². The zero-order valence-corrected chi connectivity index (χ0v) is 12.3. The largest absolute Gasteiger partial charge is 0.330 e. The lowest BCUT2D eigenvalue weighted by Gasteiger charge is -2.23. The van der Waals surface area contributed by atoms with Crippen molar-refractivity contribution in [3.63, 3.8) is 0 Å². The number of rotatable bonds is 9. The van der Waals surface area contributed by atoms with Crippen molar-refractivity contribution < 1.29 is 4.79 Å². The summed E-state index contributed by atoms with van der Waals surface area (Å²) in [5.74, 6) is 0.993. The third kappa shape index (κ3) is 4.97. The lowest BCUT2D eigenvalue weighted by molar-refractivity contribution is -0.118. The second kappa shape index (κ2) is 8.05. The molecule has 1 saturated carbocycles. The Balaban J connectivity index is 1.84. The fraction of sp³-hybridized carbons (Fsp3) is 0.588. The molecule has 110 valence electrons. The summed E-state index contributed by atoms with van der Waals surface area (Å²) in [4.78, 5) is 14.4. The average molecular weight is 274 g/mol. The number of anilines is 1. The first-order chi connectivity index (χ1) is 9.81. The van der Waals surface area contributed by atoms with Crippen LogP contribution in [0.1, 0.15) is 44.9 Å². The summed E-state index contributed by atoms with van der Waals surface area (Å²) >= 11 is 0. The first-order valence-electron chi connectivity index (χ1n) is 7.86. The van der Waals surface area contributed by atoms with Crippen molar-refractivity contribution in [3.05, 3.63) is 30.3 Å². The molecule has 0 radical (unpaired) electrons. The van der Waals surface area contributed by atoms with Crippen LogP contribution in [0.2, 0.25) is 0 Å². The van der Waals surface area contributed by atoms with Gasteiger partial charge in [-0.1, -0.05) is 31.0 Å². The molecular weight excluding hydrogens is 248 g/mol. The Kier molecular flexibility index (Phi) is 6.06. The molecule has 2 rings (SSSR count). The molecule has 0 atom stereocenters. The van der Waals surface area contributed by atoms with Crippen molar-refractivity contribution in [1.82, 2.24) is 0 Å². The summed E-state index contributed by atoms with van der Waals surface area (Å²) in [5, 5.41) is 0. The number of unbranched alkanes of at least 4 members (excludes halogenated alkanes) is 3. The number of nitrogens with zero attached hydrogens (tertiary/aromatic N) is 1. The Bertz CT molecular complexity index is 401. The van der Waals surface area contributed by atoms with E-state index in [1.54, 1.807) is 0 Å². The van der Waals surface area contributed by atoms with E-state index in [4.69, 9.17) is 5.73 Å². The minimum Gasteiger partial charge on any atom is -0.330 e. The lowest BCUT2D eigenvalue weighted by Crippen LogP contribution is -2.32. The van der Waals surface area contributed by atoms with E-state index in [2.05, 4.69) is 0 Å². The van der Waals surface area contributed by atoms with Crippen molar-refractivity contribution in [2.45, 2.75) is 44.9 Å². The van der Waals surface area contributed by atoms with E-state index < -0.39 is 0 Å². The molecule has 0 aromatic heterocycles. The van der Waals surface area contributed by atoms with Gasteiger partial charge in [-0.2, -0.15) is 0 Å². The van der Waals surface area contributed by atoms with Crippen LogP contribution in [-0.2, 0) is 4.79 Å². The van der Waals surface area contributed by atoms with Gasteiger partial charge in [-0.3, -0.25) is 4.79 Å². The lowest BCUT2D eigenvalue weighted by atomic mass is 10.1. The summed E-state index contributed by atoms with van der Waals surface area (Å²) in [6.07, 6.45) is 7.49. The van der Waals surface area contributed by atoms with Gasteiger partial charge in [-0.05, 0) is 50.3 Å². The van der Waals surface area contributed by atoms with Gasteiger partial charge in [0.2, 0.25) is 5.91 Å². The highest BCUT2D eigenvalue weighted by atomic mass is 16.2. The molecule has 0 aliphatic heterocycles. The highest BCUT2D eigenvalue weighted by Gasteiger charge is 2.27. The molecule has 20 heavy (non-hydrogen) atoms. The average Bonchev–Trinajstić information content (AvgIpc) is 3.29. The van der Waals surface area contributed by atoms with Gasteiger partial charge in [0.25, 0.3) is 0 Å². The van der Waals surface area contributed by atoms with E-state index >= 15 is 0 Å². The van der Waals surface area contributed by atoms with Crippen molar-refractivity contribution in [1.29, 1.82) is 0 Å². The number of carbonyl (C=O) groups excluding carboxylic acids is 1. The standard InChI is InChI=1S/C17H26N2O/c18-13-7-2-1-6-10-17(20)19(14-15-11-12-15)16-8-4-3-5-9-16/h3-5,8-9,15H,1-2,6-7,10-14,18H2. The summed E-state index contributed by atoms with van der Waals surface area (Å²) in [7, 11) is 0. The first-order valence-corrected chi connectivity index (χ1v) is 7.86. The van der Waals surface area contributed by atoms with Gasteiger partial charge in [-0.25, -0.2) is 0 Å². The SMILES string of the molecule is NCCCCCCC(=O)N(CC1CC1)c1ccccc1. The summed E-state index contributed by atoms with van der Waals surface area (Å²) in [6, 6.07) is 10.1. The third-order valence-corrected chi connectivity index (χ3v) is 3.85. The maximum absolute atomic E-state index is 12.4. The molecule has 3 nitrogen and oxygen atoms in total. The number of para-hydroxylation sites is 1. The van der Waals surface area contributed by atoms with Crippen LogP contribution >= 0.6 is 0 Å². The number of nitrogens with two attached hydrogens (primary N) is 1. The van der Waals surface area contributed by atoms with Crippen molar-refractivity contribution in [2.24, 2.45) is 11.7 Å². The Hall–Kier alpha value is -1.35. The van der Waals surface area contributed by atoms with Crippen LogP contribution in [0.25, 0.3) is 0 Å². The molecule has 0 bridgehead atoms. The van der Waals surface area contributed by atoms with Crippen LogP contribution in [0.5, 0.6) is 0 Å². The smallest absolute Gasteiger partial charge is 0.226 e. The first kappa shape index (κ1) is 15.0. The molecule has 1 fully saturated rings. The number of hydrogen-bond acceptors (Lipinski definition) is 2. The van der Waals surface area contributed by atoms with Gasteiger partial charge in [0.05, 0.1) is 0 Å². The zero-order chi connectivity index (χ0) is 14.2. The summed E-state index contributed by atoms with van der Waals surface area (Å²) in [5.41, 5.74) is 6.53. The minimum absolute atomic E-state index is 0.274. The molecule has 1 aliphatic carbocycles. The molecule has 0 unspecified atom stereocenters. The van der Waals surface area contributed by atoms with E-state index in [0.29, 0.717) is 6.42 Å². The van der Waals surface area contributed by atoms with Crippen LogP contribution in [0.4, 0.5) is 5.69 Å². The molecule has 0 saturated heterocycles. The number of carbonyl (C=O) groups is 1. The predicted molar refractivity (Wildman–Crippen MR) is 83.7 cm³/mol. The molecule has 1 amide bonds. The fourth-order valence-corrected chi connectivity index (χ4v) is 2.43. The molecule has 2 N–H and O–H groups in total. The van der Waals surface area contributed by atoms with Crippen LogP contribution in [0.15, 0.2) is 30.3 Å². The van der Waals surface area contributed by atoms with Gasteiger partial charge in [-0.15, -0.1) is 0 Å². The van der Waals surface area contributed by atoms with E-state index in [9.17, 15) is 4.79 Å². The highest BCUT2D eigenvalue weighted by molar-refractivity contribution is 5.93. The predicted octanol–water partition coefficient (Wildman–Crippen LogP) is 3.34. The van der Waals surface area contributed by atoms with E-state index in [1.807, 2.05) is 35.2 Å². The zero-order valence-electron chi connectivity index (χ0n) is 12.3. The van der Waals surface area contributed by atoms with Crippen LogP contribution in [0, 0.1) is 5.92 Å².